The molecule has 0 aliphatic rings. The third kappa shape index (κ3) is 5.33. The number of aromatic nitrogens is 3. The number of carbonyl (C=O) groups is 1. The van der Waals surface area contributed by atoms with E-state index in [9.17, 15) is 4.79 Å². The van der Waals surface area contributed by atoms with E-state index in [0.717, 1.165) is 16.2 Å². The lowest BCUT2D eigenvalue weighted by atomic mass is 10.1. The minimum atomic E-state index is -0.102. The van der Waals surface area contributed by atoms with Gasteiger partial charge in [0.2, 0.25) is 11.1 Å². The van der Waals surface area contributed by atoms with Crippen LogP contribution in [0, 0.1) is 6.92 Å². The highest BCUT2D eigenvalue weighted by atomic mass is 32.2. The number of hydrogen-bond donors (Lipinski definition) is 3. The van der Waals surface area contributed by atoms with Gasteiger partial charge in [-0.15, -0.1) is 21.5 Å². The number of thioether (sulfide) groups is 1. The molecule has 3 aromatic rings. The van der Waals surface area contributed by atoms with E-state index in [0.29, 0.717) is 17.6 Å². The molecule has 2 aromatic heterocycles. The summed E-state index contributed by atoms with van der Waals surface area (Å²) in [5.74, 6) is 6.38. The van der Waals surface area contributed by atoms with Crippen molar-refractivity contribution in [1.29, 1.82) is 0 Å². The van der Waals surface area contributed by atoms with Crippen molar-refractivity contribution < 1.29 is 4.79 Å². The molecule has 146 valence electrons. The van der Waals surface area contributed by atoms with Gasteiger partial charge in [0.05, 0.1) is 11.5 Å². The van der Waals surface area contributed by atoms with E-state index in [1.807, 2.05) is 55.6 Å². The fourth-order valence-corrected chi connectivity index (χ4v) is 3.58. The number of nitrogens with zero attached hydrogens (tertiary/aromatic N) is 4. The summed E-state index contributed by atoms with van der Waals surface area (Å²) in [6.07, 6.45) is 0. The smallest absolute Gasteiger partial charge is 0.264 e. The lowest BCUT2D eigenvalue weighted by Crippen LogP contribution is -2.25. The second kappa shape index (κ2) is 9.38. The molecule has 0 saturated carbocycles. The Morgan fingerprint density at radius 2 is 2.07 bits per heavy atom. The largest absolute Gasteiger partial charge is 0.351 e. The quantitative estimate of drug-likeness (QED) is 0.226. The number of benzene rings is 1. The molecule has 0 bridgehead atoms. The van der Waals surface area contributed by atoms with Crippen LogP contribution in [0.15, 0.2) is 52.0 Å². The molecule has 0 unspecified atom stereocenters. The van der Waals surface area contributed by atoms with Gasteiger partial charge in [0.1, 0.15) is 0 Å². The summed E-state index contributed by atoms with van der Waals surface area (Å²) in [5, 5.41) is 17.5. The van der Waals surface area contributed by atoms with Gasteiger partial charge in [-0.25, -0.2) is 10.1 Å². The molecule has 4 N–H and O–H groups in total. The zero-order valence-electron chi connectivity index (χ0n) is 15.5. The van der Waals surface area contributed by atoms with Crippen molar-refractivity contribution in [3.63, 3.8) is 0 Å². The van der Waals surface area contributed by atoms with Gasteiger partial charge >= 0.3 is 0 Å². The van der Waals surface area contributed by atoms with Crippen LogP contribution in [0.2, 0.25) is 0 Å². The van der Waals surface area contributed by atoms with Crippen LogP contribution in [0.4, 0.5) is 5.95 Å². The van der Waals surface area contributed by atoms with Gasteiger partial charge in [-0.2, -0.15) is 5.10 Å². The zero-order chi connectivity index (χ0) is 19.9. The van der Waals surface area contributed by atoms with E-state index >= 15 is 0 Å². The lowest BCUT2D eigenvalue weighted by molar-refractivity contribution is -0.118. The third-order valence-electron chi connectivity index (χ3n) is 3.81. The first-order chi connectivity index (χ1) is 13.5. The van der Waals surface area contributed by atoms with Gasteiger partial charge in [-0.1, -0.05) is 47.7 Å². The van der Waals surface area contributed by atoms with Crippen LogP contribution in [0.1, 0.15) is 22.9 Å². The Bertz CT molecular complexity index is 949. The predicted octanol–water partition coefficient (Wildman–Crippen LogP) is 2.61. The second-order valence-electron chi connectivity index (χ2n) is 6.01. The Labute approximate surface area is 171 Å². The number of nitrogen functional groups attached to an aromatic ring is 1. The minimum Gasteiger partial charge on any atom is -0.351 e. The number of aryl methyl sites for hydroxylation is 1. The van der Waals surface area contributed by atoms with E-state index in [2.05, 4.69) is 26.0 Å². The maximum absolute atomic E-state index is 12.1. The van der Waals surface area contributed by atoms with Crippen LogP contribution in [0.5, 0.6) is 0 Å². The standard InChI is InChI=1S/C18H21N7OS2/c1-12-5-7-14(8-6-12)10-20-16(26)11-28-18-24-23-17(25(18)19)22-21-13(2)15-4-3-9-27-15/h3-9H,10-11,19H2,1-2H3,(H,20,26)(H,22,23)/b21-13+. The molecule has 0 saturated heterocycles. The van der Waals surface area contributed by atoms with Crippen molar-refractivity contribution in [2.45, 2.75) is 25.5 Å². The van der Waals surface area contributed by atoms with E-state index in [1.54, 1.807) is 11.3 Å². The van der Waals surface area contributed by atoms with Crippen molar-refractivity contribution in [2.75, 3.05) is 17.0 Å². The monoisotopic (exact) mass is 415 g/mol. The van der Waals surface area contributed by atoms with Crippen molar-refractivity contribution >= 4 is 40.7 Å². The Balaban J connectivity index is 1.49. The summed E-state index contributed by atoms with van der Waals surface area (Å²) in [7, 11) is 0. The number of hydrazone groups is 1. The van der Waals surface area contributed by atoms with Crippen molar-refractivity contribution in [3.8, 4) is 0 Å². The van der Waals surface area contributed by atoms with Gasteiger partial charge < -0.3 is 11.2 Å². The highest BCUT2D eigenvalue weighted by molar-refractivity contribution is 7.99. The fraction of sp³-hybridized carbons (Fsp3) is 0.222. The average molecular weight is 416 g/mol. The molecule has 0 fully saturated rings. The van der Waals surface area contributed by atoms with Crippen LogP contribution < -0.4 is 16.6 Å². The van der Waals surface area contributed by atoms with Gasteiger partial charge in [0.25, 0.3) is 5.95 Å². The second-order valence-corrected chi connectivity index (χ2v) is 7.90. The topological polar surface area (TPSA) is 110 Å². The zero-order valence-corrected chi connectivity index (χ0v) is 17.2. The van der Waals surface area contributed by atoms with Crippen molar-refractivity contribution in [3.05, 3.63) is 57.8 Å². The van der Waals surface area contributed by atoms with Gasteiger partial charge in [0.15, 0.2) is 0 Å². The lowest BCUT2D eigenvalue weighted by Gasteiger charge is -2.06. The molecule has 28 heavy (non-hydrogen) atoms. The molecular weight excluding hydrogens is 394 g/mol. The highest BCUT2D eigenvalue weighted by Gasteiger charge is 2.12. The molecule has 0 radical (unpaired) electrons. The summed E-state index contributed by atoms with van der Waals surface area (Å²) >= 11 is 2.81. The van der Waals surface area contributed by atoms with E-state index in [4.69, 9.17) is 5.84 Å². The van der Waals surface area contributed by atoms with Crippen molar-refractivity contribution in [2.24, 2.45) is 5.10 Å². The molecule has 0 aliphatic carbocycles. The third-order valence-corrected chi connectivity index (χ3v) is 5.73. The number of nitrogens with two attached hydrogens (primary N) is 1. The number of amides is 1. The van der Waals surface area contributed by atoms with E-state index < -0.39 is 0 Å². The summed E-state index contributed by atoms with van der Waals surface area (Å²) in [5.41, 5.74) is 5.87. The minimum absolute atomic E-state index is 0.102. The Morgan fingerprint density at radius 3 is 2.79 bits per heavy atom. The van der Waals surface area contributed by atoms with E-state index in [1.165, 1.54) is 22.0 Å². The SMILES string of the molecule is C/C(=N\Nc1nnc(SCC(=O)NCc2ccc(C)cc2)n1N)c1cccs1. The number of thiophene rings is 1. The predicted molar refractivity (Wildman–Crippen MR) is 114 cm³/mol. The summed E-state index contributed by atoms with van der Waals surface area (Å²) in [6.45, 7) is 4.41. The van der Waals surface area contributed by atoms with Crippen LogP contribution in [0.3, 0.4) is 0 Å². The van der Waals surface area contributed by atoms with Gasteiger partial charge in [-0.05, 0) is 30.9 Å². The molecule has 0 spiro atoms. The molecule has 1 amide bonds. The van der Waals surface area contributed by atoms with Crippen LogP contribution in [0.25, 0.3) is 0 Å². The first kappa shape index (κ1) is 19.9. The molecular formula is C18H21N7OS2. The molecule has 10 heteroatoms. The number of carbonyl (C=O) groups excluding carboxylic acids is 1. The first-order valence-electron chi connectivity index (χ1n) is 8.52. The molecule has 8 nitrogen and oxygen atoms in total. The van der Waals surface area contributed by atoms with Gasteiger partial charge in [-0.3, -0.25) is 4.79 Å². The fourth-order valence-electron chi connectivity index (χ4n) is 2.21. The van der Waals surface area contributed by atoms with Crippen molar-refractivity contribution in [1.82, 2.24) is 20.2 Å². The number of anilines is 1. The Morgan fingerprint density at radius 1 is 1.29 bits per heavy atom. The normalized spacial score (nSPS) is 11.4. The maximum atomic E-state index is 12.1. The van der Waals surface area contributed by atoms with E-state index in [-0.39, 0.29) is 11.7 Å². The maximum Gasteiger partial charge on any atom is 0.264 e. The van der Waals surface area contributed by atoms with Gasteiger partial charge in [0, 0.05) is 11.4 Å². The Kier molecular flexibility index (Phi) is 6.66. The average Bonchev–Trinajstić information content (AvgIpc) is 3.34. The summed E-state index contributed by atoms with van der Waals surface area (Å²) < 4.78 is 1.28. The molecule has 0 atom stereocenters. The molecule has 0 aliphatic heterocycles. The summed E-state index contributed by atoms with van der Waals surface area (Å²) in [6, 6.07) is 12.0. The molecule has 1 aromatic carbocycles. The number of hydrogen-bond acceptors (Lipinski definition) is 8. The number of rotatable bonds is 8. The molecule has 3 rings (SSSR count). The van der Waals surface area contributed by atoms with Crippen LogP contribution in [-0.4, -0.2) is 32.2 Å². The van der Waals surface area contributed by atoms with Crippen LogP contribution in [-0.2, 0) is 11.3 Å². The Hall–Kier alpha value is -2.85. The molecule has 2 heterocycles. The highest BCUT2D eigenvalue weighted by Crippen LogP contribution is 2.17. The summed E-state index contributed by atoms with van der Waals surface area (Å²) in [4.78, 5) is 13.1. The number of nitrogens with one attached hydrogen (secondary N) is 2. The van der Waals surface area contributed by atoms with Crippen LogP contribution >= 0.6 is 23.1 Å². The first-order valence-corrected chi connectivity index (χ1v) is 10.4.